The first-order valence-corrected chi connectivity index (χ1v) is 17.6. The largest absolute Gasteiger partial charge is 0.314 e. The summed E-state index contributed by atoms with van der Waals surface area (Å²) in [5.41, 5.74) is 6.80. The summed E-state index contributed by atoms with van der Waals surface area (Å²) in [4.78, 5) is 7.66. The number of benzene rings is 5. The number of nitrogens with zero attached hydrogens (tertiary/aromatic N) is 3. The monoisotopic (exact) mass is 639 g/mol. The molecule has 0 saturated carbocycles. The molecule has 0 amide bonds. The molecule has 0 heterocycles. The van der Waals surface area contributed by atoms with Crippen molar-refractivity contribution in [3.05, 3.63) is 179 Å². The molecule has 0 radical (unpaired) electrons. The highest BCUT2D eigenvalue weighted by Gasteiger charge is 2.10. The van der Waals surface area contributed by atoms with Crippen molar-refractivity contribution in [3.8, 4) is 0 Å². The Kier molecular flexibility index (Phi) is 15.4. The topological polar surface area (TPSA) is 33.8 Å². The molecule has 2 N–H and O–H groups in total. The van der Waals surface area contributed by atoms with Crippen LogP contribution in [0.3, 0.4) is 0 Å². The summed E-state index contributed by atoms with van der Waals surface area (Å²) in [5.74, 6) is 0. The number of rotatable bonds is 22. The Morgan fingerprint density at radius 1 is 0.271 bits per heavy atom. The third-order valence-corrected chi connectivity index (χ3v) is 8.66. The zero-order chi connectivity index (χ0) is 32.9. The fourth-order valence-corrected chi connectivity index (χ4v) is 6.10. The van der Waals surface area contributed by atoms with Crippen LogP contribution < -0.4 is 10.6 Å². The molecule has 0 unspecified atom stereocenters. The van der Waals surface area contributed by atoms with Gasteiger partial charge in [-0.2, -0.15) is 0 Å². The van der Waals surface area contributed by atoms with Crippen molar-refractivity contribution in [3.63, 3.8) is 0 Å². The molecule has 5 nitrogen and oxygen atoms in total. The van der Waals surface area contributed by atoms with Crippen LogP contribution in [0.25, 0.3) is 0 Å². The summed E-state index contributed by atoms with van der Waals surface area (Å²) >= 11 is 0. The van der Waals surface area contributed by atoms with Crippen molar-refractivity contribution >= 4 is 0 Å². The number of hydrogen-bond acceptors (Lipinski definition) is 5. The van der Waals surface area contributed by atoms with Crippen LogP contribution in [0.15, 0.2) is 152 Å². The van der Waals surface area contributed by atoms with Crippen LogP contribution in [0.5, 0.6) is 0 Å². The molecule has 0 bridgehead atoms. The van der Waals surface area contributed by atoms with E-state index in [0.29, 0.717) is 0 Å². The van der Waals surface area contributed by atoms with Crippen molar-refractivity contribution in [2.75, 3.05) is 52.4 Å². The number of nitrogens with one attached hydrogen (secondary N) is 2. The lowest BCUT2D eigenvalue weighted by atomic mass is 10.1. The molecule has 5 aromatic rings. The first-order valence-electron chi connectivity index (χ1n) is 17.6. The third kappa shape index (κ3) is 13.6. The van der Waals surface area contributed by atoms with Gasteiger partial charge in [-0.25, -0.2) is 0 Å². The molecule has 0 aliphatic rings. The van der Waals surface area contributed by atoms with Crippen LogP contribution in [0.1, 0.15) is 27.8 Å². The molecule has 5 aromatic carbocycles. The Hall–Kier alpha value is -4.10. The van der Waals surface area contributed by atoms with Gasteiger partial charge in [0.1, 0.15) is 0 Å². The molecule has 0 aliphatic heterocycles. The molecule has 250 valence electrons. The minimum absolute atomic E-state index is 0.956. The zero-order valence-corrected chi connectivity index (χ0v) is 28.5. The minimum atomic E-state index is 0.956. The maximum Gasteiger partial charge on any atom is 0.0237 e. The van der Waals surface area contributed by atoms with Gasteiger partial charge in [-0.15, -0.1) is 0 Å². The predicted octanol–water partition coefficient (Wildman–Crippen LogP) is 7.07. The fraction of sp³-hybridized carbons (Fsp3) is 0.302. The Bertz CT molecular complexity index is 1320. The van der Waals surface area contributed by atoms with Crippen molar-refractivity contribution < 1.29 is 0 Å². The van der Waals surface area contributed by atoms with Gasteiger partial charge in [0.2, 0.25) is 0 Å². The van der Waals surface area contributed by atoms with Gasteiger partial charge in [0, 0.05) is 85.1 Å². The van der Waals surface area contributed by atoms with E-state index in [0.717, 1.165) is 85.1 Å². The lowest BCUT2D eigenvalue weighted by Crippen LogP contribution is -2.39. The first-order chi connectivity index (χ1) is 23.8. The van der Waals surface area contributed by atoms with Crippen molar-refractivity contribution in [1.82, 2.24) is 25.3 Å². The van der Waals surface area contributed by atoms with Gasteiger partial charge in [0.05, 0.1) is 0 Å². The maximum absolute atomic E-state index is 3.76. The Labute approximate surface area is 289 Å². The van der Waals surface area contributed by atoms with E-state index in [-0.39, 0.29) is 0 Å². The number of hydrogen-bond donors (Lipinski definition) is 2. The Morgan fingerprint density at radius 3 is 0.729 bits per heavy atom. The summed E-state index contributed by atoms with van der Waals surface area (Å²) in [5, 5.41) is 7.51. The second-order valence-electron chi connectivity index (χ2n) is 12.6. The molecule has 0 aliphatic carbocycles. The molecule has 0 atom stereocenters. The molecule has 0 fully saturated rings. The van der Waals surface area contributed by atoms with Gasteiger partial charge in [0.15, 0.2) is 0 Å². The average molecular weight is 640 g/mol. The SMILES string of the molecule is c1ccc(CN(CCNCCN(Cc2ccccc2)Cc2ccccc2)CCNCCN(Cc2ccccc2)Cc2ccccc2)cc1. The summed E-state index contributed by atoms with van der Waals surface area (Å²) in [6.45, 7) is 12.7. The molecule has 5 heteroatoms. The molecule has 5 rings (SSSR count). The molecular formula is C43H53N5. The van der Waals surface area contributed by atoms with Crippen molar-refractivity contribution in [1.29, 1.82) is 0 Å². The van der Waals surface area contributed by atoms with Gasteiger partial charge < -0.3 is 10.6 Å². The van der Waals surface area contributed by atoms with E-state index in [1.54, 1.807) is 0 Å². The Morgan fingerprint density at radius 2 is 0.479 bits per heavy atom. The highest BCUT2D eigenvalue weighted by Crippen LogP contribution is 2.11. The second kappa shape index (κ2) is 21.0. The smallest absolute Gasteiger partial charge is 0.0237 e. The summed E-state index contributed by atoms with van der Waals surface area (Å²) in [6.07, 6.45) is 0. The highest BCUT2D eigenvalue weighted by molar-refractivity contribution is 5.19. The van der Waals surface area contributed by atoms with Gasteiger partial charge in [-0.05, 0) is 27.8 Å². The van der Waals surface area contributed by atoms with Crippen LogP contribution >= 0.6 is 0 Å². The highest BCUT2D eigenvalue weighted by atomic mass is 15.2. The molecule has 0 saturated heterocycles. The van der Waals surface area contributed by atoms with Gasteiger partial charge in [0.25, 0.3) is 0 Å². The van der Waals surface area contributed by atoms with Gasteiger partial charge >= 0.3 is 0 Å². The van der Waals surface area contributed by atoms with Crippen molar-refractivity contribution in [2.45, 2.75) is 32.7 Å². The van der Waals surface area contributed by atoms with Gasteiger partial charge in [-0.1, -0.05) is 152 Å². The first kappa shape index (κ1) is 35.2. The standard InChI is InChI=1S/C43H53N5/c1-6-16-39(17-7-1)34-46(30-26-44-28-32-47(35-40-18-8-2-9-19-40)36-41-20-10-3-11-21-41)31-27-45-29-33-48(37-42-22-12-4-13-23-42)38-43-24-14-5-15-25-43/h1-25,44-45H,26-38H2. The maximum atomic E-state index is 3.76. The minimum Gasteiger partial charge on any atom is -0.314 e. The Balaban J connectivity index is 1.07. The van der Waals surface area contributed by atoms with Crippen LogP contribution in [-0.2, 0) is 32.7 Å². The van der Waals surface area contributed by atoms with Crippen LogP contribution in [0.4, 0.5) is 0 Å². The van der Waals surface area contributed by atoms with E-state index < -0.39 is 0 Å². The lowest BCUT2D eigenvalue weighted by molar-refractivity contribution is 0.237. The zero-order valence-electron chi connectivity index (χ0n) is 28.5. The molecular weight excluding hydrogens is 587 g/mol. The third-order valence-electron chi connectivity index (χ3n) is 8.66. The summed E-state index contributed by atoms with van der Waals surface area (Å²) in [6, 6.07) is 54.1. The summed E-state index contributed by atoms with van der Waals surface area (Å²) in [7, 11) is 0. The van der Waals surface area contributed by atoms with E-state index in [9.17, 15) is 0 Å². The van der Waals surface area contributed by atoms with E-state index in [2.05, 4.69) is 177 Å². The summed E-state index contributed by atoms with van der Waals surface area (Å²) < 4.78 is 0. The van der Waals surface area contributed by atoms with Gasteiger partial charge in [-0.3, -0.25) is 14.7 Å². The predicted molar refractivity (Wildman–Crippen MR) is 201 cm³/mol. The van der Waals surface area contributed by atoms with Crippen LogP contribution in [0, 0.1) is 0 Å². The molecule has 0 aromatic heterocycles. The van der Waals surface area contributed by atoms with E-state index in [4.69, 9.17) is 0 Å². The quantitative estimate of drug-likeness (QED) is 0.0792. The van der Waals surface area contributed by atoms with E-state index in [1.165, 1.54) is 27.8 Å². The molecule has 48 heavy (non-hydrogen) atoms. The van der Waals surface area contributed by atoms with E-state index in [1.807, 2.05) is 0 Å². The van der Waals surface area contributed by atoms with Crippen molar-refractivity contribution in [2.24, 2.45) is 0 Å². The second-order valence-corrected chi connectivity index (χ2v) is 12.6. The van der Waals surface area contributed by atoms with Crippen LogP contribution in [-0.4, -0.2) is 67.1 Å². The van der Waals surface area contributed by atoms with E-state index >= 15 is 0 Å². The lowest BCUT2D eigenvalue weighted by Gasteiger charge is -2.25. The average Bonchev–Trinajstić information content (AvgIpc) is 3.13. The molecule has 0 spiro atoms. The fourth-order valence-electron chi connectivity index (χ4n) is 6.10. The normalized spacial score (nSPS) is 11.5. The van der Waals surface area contributed by atoms with Crippen LogP contribution in [0.2, 0.25) is 0 Å².